The zero-order chi connectivity index (χ0) is 10.9. The lowest BCUT2D eigenvalue weighted by Crippen LogP contribution is -2.18. The standard InChI is InChI=1S/C13H14O2/c1-10(12(14)15-2)13(8-9-13)11-6-4-3-5-7-11/h3-7H,1,8-9H2,2H3. The van der Waals surface area contributed by atoms with Crippen LogP contribution in [-0.2, 0) is 14.9 Å². The summed E-state index contributed by atoms with van der Waals surface area (Å²) in [7, 11) is 1.40. The van der Waals surface area contributed by atoms with Gasteiger partial charge >= 0.3 is 5.97 Å². The Morgan fingerprint density at radius 1 is 1.33 bits per heavy atom. The second-order valence-corrected chi connectivity index (χ2v) is 3.92. The molecule has 0 aromatic heterocycles. The summed E-state index contributed by atoms with van der Waals surface area (Å²) in [6.45, 7) is 3.86. The minimum atomic E-state index is -0.295. The molecule has 1 aromatic carbocycles. The van der Waals surface area contributed by atoms with Crippen molar-refractivity contribution in [2.45, 2.75) is 18.3 Å². The van der Waals surface area contributed by atoms with Gasteiger partial charge < -0.3 is 4.74 Å². The summed E-state index contributed by atoms with van der Waals surface area (Å²) in [6.07, 6.45) is 1.98. The number of rotatable bonds is 3. The number of carbonyl (C=O) groups excluding carboxylic acids is 1. The van der Waals surface area contributed by atoms with Crippen LogP contribution in [0.4, 0.5) is 0 Å². The molecule has 0 N–H and O–H groups in total. The Morgan fingerprint density at radius 2 is 1.93 bits per heavy atom. The van der Waals surface area contributed by atoms with E-state index in [0.29, 0.717) is 5.57 Å². The van der Waals surface area contributed by atoms with Crippen LogP contribution in [-0.4, -0.2) is 13.1 Å². The fourth-order valence-corrected chi connectivity index (χ4v) is 1.97. The highest BCUT2D eigenvalue weighted by atomic mass is 16.5. The maximum atomic E-state index is 11.5. The van der Waals surface area contributed by atoms with Gasteiger partial charge in [0.15, 0.2) is 0 Å². The van der Waals surface area contributed by atoms with Crippen molar-refractivity contribution in [2.75, 3.05) is 7.11 Å². The third-order valence-corrected chi connectivity index (χ3v) is 3.09. The third-order valence-electron chi connectivity index (χ3n) is 3.09. The predicted octanol–water partition coefficient (Wildman–Crippen LogP) is 2.45. The van der Waals surface area contributed by atoms with E-state index in [0.717, 1.165) is 12.8 Å². The first kappa shape index (κ1) is 9.97. The number of benzene rings is 1. The van der Waals surface area contributed by atoms with Crippen molar-refractivity contribution in [1.82, 2.24) is 0 Å². The molecule has 1 aliphatic rings. The SMILES string of the molecule is C=C(C(=O)OC)C1(c2ccccc2)CC1. The summed E-state index contributed by atoms with van der Waals surface area (Å²) in [5.74, 6) is -0.295. The second-order valence-electron chi connectivity index (χ2n) is 3.92. The lowest BCUT2D eigenvalue weighted by Gasteiger charge is -2.16. The molecule has 0 saturated heterocycles. The zero-order valence-electron chi connectivity index (χ0n) is 8.82. The maximum Gasteiger partial charge on any atom is 0.334 e. The van der Waals surface area contributed by atoms with Crippen molar-refractivity contribution in [2.24, 2.45) is 0 Å². The fourth-order valence-electron chi connectivity index (χ4n) is 1.97. The molecule has 0 atom stereocenters. The molecule has 1 fully saturated rings. The Balaban J connectivity index is 2.29. The maximum absolute atomic E-state index is 11.5. The summed E-state index contributed by atoms with van der Waals surface area (Å²) in [6, 6.07) is 10.0. The van der Waals surface area contributed by atoms with E-state index in [1.54, 1.807) is 0 Å². The van der Waals surface area contributed by atoms with Crippen LogP contribution in [0.15, 0.2) is 42.5 Å². The Bertz CT molecular complexity index is 388. The molecule has 0 radical (unpaired) electrons. The summed E-state index contributed by atoms with van der Waals surface area (Å²) in [4.78, 5) is 11.5. The molecule has 78 valence electrons. The van der Waals surface area contributed by atoms with Gasteiger partial charge in [0.05, 0.1) is 7.11 Å². The summed E-state index contributed by atoms with van der Waals surface area (Å²) in [5.41, 5.74) is 1.60. The van der Waals surface area contributed by atoms with Crippen molar-refractivity contribution < 1.29 is 9.53 Å². The summed E-state index contributed by atoms with van der Waals surface area (Å²) >= 11 is 0. The third kappa shape index (κ3) is 1.56. The monoisotopic (exact) mass is 202 g/mol. The minimum Gasteiger partial charge on any atom is -0.466 e. The molecular weight excluding hydrogens is 188 g/mol. The van der Waals surface area contributed by atoms with Crippen molar-refractivity contribution in [3.8, 4) is 0 Å². The average molecular weight is 202 g/mol. The van der Waals surface area contributed by atoms with Crippen molar-refractivity contribution in [1.29, 1.82) is 0 Å². The van der Waals surface area contributed by atoms with Gasteiger partial charge in [-0.05, 0) is 18.4 Å². The van der Waals surface area contributed by atoms with Gasteiger partial charge in [0.1, 0.15) is 0 Å². The normalized spacial score (nSPS) is 16.9. The Hall–Kier alpha value is -1.57. The minimum absolute atomic E-state index is 0.144. The van der Waals surface area contributed by atoms with Gasteiger partial charge in [0, 0.05) is 11.0 Å². The van der Waals surface area contributed by atoms with Crippen LogP contribution in [0.1, 0.15) is 18.4 Å². The lowest BCUT2D eigenvalue weighted by molar-refractivity contribution is -0.136. The van der Waals surface area contributed by atoms with Crippen LogP contribution in [0.3, 0.4) is 0 Å². The molecule has 0 bridgehead atoms. The molecule has 2 rings (SSSR count). The van der Waals surface area contributed by atoms with Gasteiger partial charge in [-0.25, -0.2) is 4.79 Å². The van der Waals surface area contributed by atoms with Crippen LogP contribution in [0.25, 0.3) is 0 Å². The first-order chi connectivity index (χ1) is 7.20. The van der Waals surface area contributed by atoms with E-state index < -0.39 is 0 Å². The van der Waals surface area contributed by atoms with Crippen LogP contribution in [0.5, 0.6) is 0 Å². The zero-order valence-corrected chi connectivity index (χ0v) is 8.82. The van der Waals surface area contributed by atoms with Gasteiger partial charge in [-0.2, -0.15) is 0 Å². The molecule has 1 aromatic rings. The number of carbonyl (C=O) groups is 1. The first-order valence-electron chi connectivity index (χ1n) is 5.04. The largest absolute Gasteiger partial charge is 0.466 e. The summed E-state index contributed by atoms with van der Waals surface area (Å²) < 4.78 is 4.72. The predicted molar refractivity (Wildman–Crippen MR) is 58.5 cm³/mol. The van der Waals surface area contributed by atoms with Crippen LogP contribution < -0.4 is 0 Å². The Morgan fingerprint density at radius 3 is 2.40 bits per heavy atom. The highest BCUT2D eigenvalue weighted by molar-refractivity contribution is 5.91. The van der Waals surface area contributed by atoms with E-state index in [-0.39, 0.29) is 11.4 Å². The van der Waals surface area contributed by atoms with Crippen LogP contribution >= 0.6 is 0 Å². The summed E-state index contributed by atoms with van der Waals surface area (Å²) in [5, 5.41) is 0. The quantitative estimate of drug-likeness (QED) is 0.556. The first-order valence-corrected chi connectivity index (χ1v) is 5.04. The average Bonchev–Trinajstić information content (AvgIpc) is 3.09. The smallest absolute Gasteiger partial charge is 0.334 e. The van der Waals surface area contributed by atoms with E-state index in [4.69, 9.17) is 4.74 Å². The lowest BCUT2D eigenvalue weighted by atomic mass is 9.89. The van der Waals surface area contributed by atoms with E-state index in [1.165, 1.54) is 12.7 Å². The van der Waals surface area contributed by atoms with Crippen LogP contribution in [0, 0.1) is 0 Å². The topological polar surface area (TPSA) is 26.3 Å². The van der Waals surface area contributed by atoms with Crippen molar-refractivity contribution in [3.63, 3.8) is 0 Å². The molecule has 0 spiro atoms. The van der Waals surface area contributed by atoms with Gasteiger partial charge in [0.2, 0.25) is 0 Å². The van der Waals surface area contributed by atoms with Gasteiger partial charge in [-0.15, -0.1) is 0 Å². The highest BCUT2D eigenvalue weighted by Gasteiger charge is 2.49. The van der Waals surface area contributed by atoms with Crippen molar-refractivity contribution >= 4 is 5.97 Å². The number of esters is 1. The molecule has 0 aliphatic heterocycles. The molecule has 15 heavy (non-hydrogen) atoms. The molecule has 1 aliphatic carbocycles. The van der Waals surface area contributed by atoms with Gasteiger partial charge in [-0.1, -0.05) is 36.9 Å². The molecule has 2 nitrogen and oxygen atoms in total. The van der Waals surface area contributed by atoms with Gasteiger partial charge in [0.25, 0.3) is 0 Å². The number of hydrogen-bond acceptors (Lipinski definition) is 2. The Kier molecular flexibility index (Phi) is 2.35. The van der Waals surface area contributed by atoms with E-state index >= 15 is 0 Å². The molecular formula is C13H14O2. The van der Waals surface area contributed by atoms with E-state index in [2.05, 4.69) is 6.58 Å². The number of hydrogen-bond donors (Lipinski definition) is 0. The van der Waals surface area contributed by atoms with E-state index in [1.807, 2.05) is 30.3 Å². The van der Waals surface area contributed by atoms with Gasteiger partial charge in [-0.3, -0.25) is 0 Å². The second kappa shape index (κ2) is 3.54. The molecule has 2 heteroatoms. The highest BCUT2D eigenvalue weighted by Crippen LogP contribution is 2.53. The van der Waals surface area contributed by atoms with Crippen molar-refractivity contribution in [3.05, 3.63) is 48.0 Å². The van der Waals surface area contributed by atoms with E-state index in [9.17, 15) is 4.79 Å². The number of ether oxygens (including phenoxy) is 1. The van der Waals surface area contributed by atoms with Crippen LogP contribution in [0.2, 0.25) is 0 Å². The molecule has 0 heterocycles. The molecule has 1 saturated carbocycles. The fraction of sp³-hybridized carbons (Fsp3) is 0.308. The Labute approximate surface area is 89.6 Å². The molecule has 0 amide bonds. The molecule has 0 unspecified atom stereocenters. The number of methoxy groups -OCH3 is 1.